The van der Waals surface area contributed by atoms with E-state index in [4.69, 9.17) is 10.5 Å². The summed E-state index contributed by atoms with van der Waals surface area (Å²) in [6.07, 6.45) is 2.54. The van der Waals surface area contributed by atoms with Crippen LogP contribution in [0, 0.1) is 5.92 Å². The molecule has 2 rings (SSSR count). The Kier molecular flexibility index (Phi) is 3.75. The zero-order valence-electron chi connectivity index (χ0n) is 11.0. The number of methoxy groups -OCH3 is 1. The molecule has 1 aliphatic rings. The van der Waals surface area contributed by atoms with Gasteiger partial charge in [-0.05, 0) is 44.1 Å². The summed E-state index contributed by atoms with van der Waals surface area (Å²) in [6, 6.07) is 0.314. The fourth-order valence-corrected chi connectivity index (χ4v) is 2.84. The molecule has 18 heavy (non-hydrogen) atoms. The van der Waals surface area contributed by atoms with E-state index in [9.17, 15) is 4.79 Å². The van der Waals surface area contributed by atoms with Crippen molar-refractivity contribution in [3.8, 4) is 0 Å². The fraction of sp³-hybridized carbons (Fsp3) is 0.667. The van der Waals surface area contributed by atoms with Crippen molar-refractivity contribution in [3.05, 3.63) is 5.56 Å². The predicted molar refractivity (Wildman–Crippen MR) is 73.1 cm³/mol. The minimum Gasteiger partial charge on any atom is -0.465 e. The average molecular weight is 269 g/mol. The Morgan fingerprint density at radius 1 is 1.61 bits per heavy atom. The highest BCUT2D eigenvalue weighted by molar-refractivity contribution is 7.11. The van der Waals surface area contributed by atoms with Crippen LogP contribution in [0.25, 0.3) is 0 Å². The molecular weight excluding hydrogens is 250 g/mol. The molecule has 0 spiro atoms. The molecular formula is C12H19N3O2S. The van der Waals surface area contributed by atoms with Gasteiger partial charge in [0.1, 0.15) is 10.6 Å². The van der Waals surface area contributed by atoms with Gasteiger partial charge in [0.15, 0.2) is 5.82 Å². The number of anilines is 2. The maximum atomic E-state index is 11.8. The maximum absolute atomic E-state index is 11.8. The highest BCUT2D eigenvalue weighted by atomic mass is 32.1. The van der Waals surface area contributed by atoms with E-state index in [0.29, 0.717) is 11.6 Å². The molecule has 2 N–H and O–H groups in total. The molecule has 0 unspecified atom stereocenters. The van der Waals surface area contributed by atoms with Crippen LogP contribution < -0.4 is 10.6 Å². The molecule has 1 aromatic heterocycles. The van der Waals surface area contributed by atoms with Gasteiger partial charge in [0.05, 0.1) is 7.11 Å². The predicted octanol–water partition coefficient (Wildman–Crippen LogP) is 2.14. The number of carbonyl (C=O) groups excluding carboxylic acids is 1. The lowest BCUT2D eigenvalue weighted by molar-refractivity contribution is 0.0603. The number of nitrogens with two attached hydrogens (primary N) is 1. The summed E-state index contributed by atoms with van der Waals surface area (Å²) in [5, 5.41) is 0.834. The number of esters is 1. The van der Waals surface area contributed by atoms with Crippen molar-refractivity contribution in [2.75, 3.05) is 24.3 Å². The van der Waals surface area contributed by atoms with E-state index < -0.39 is 5.97 Å². The van der Waals surface area contributed by atoms with Gasteiger partial charge >= 0.3 is 5.97 Å². The zero-order chi connectivity index (χ0) is 13.3. The summed E-state index contributed by atoms with van der Waals surface area (Å²) >= 11 is 1.28. The number of rotatable bonds is 5. The second-order valence-electron chi connectivity index (χ2n) is 4.93. The molecule has 0 radical (unpaired) electrons. The summed E-state index contributed by atoms with van der Waals surface area (Å²) in [6.45, 7) is 5.18. The second-order valence-corrected chi connectivity index (χ2v) is 5.68. The minimum absolute atomic E-state index is 0.267. The summed E-state index contributed by atoms with van der Waals surface area (Å²) in [5.41, 5.74) is 6.19. The Morgan fingerprint density at radius 2 is 2.28 bits per heavy atom. The minimum atomic E-state index is -0.405. The van der Waals surface area contributed by atoms with Gasteiger partial charge in [0, 0.05) is 12.6 Å². The van der Waals surface area contributed by atoms with E-state index in [-0.39, 0.29) is 5.82 Å². The van der Waals surface area contributed by atoms with Crippen LogP contribution >= 0.6 is 11.5 Å². The Labute approximate surface area is 111 Å². The highest BCUT2D eigenvalue weighted by Crippen LogP contribution is 2.37. The number of nitrogen functional groups attached to an aromatic ring is 1. The Morgan fingerprint density at radius 3 is 2.78 bits per heavy atom. The number of hydrogen-bond acceptors (Lipinski definition) is 6. The van der Waals surface area contributed by atoms with E-state index >= 15 is 0 Å². The van der Waals surface area contributed by atoms with Gasteiger partial charge < -0.3 is 15.4 Å². The molecule has 0 bridgehead atoms. The van der Waals surface area contributed by atoms with Crippen molar-refractivity contribution in [2.24, 2.45) is 5.92 Å². The second kappa shape index (κ2) is 5.14. The topological polar surface area (TPSA) is 68.5 Å². The normalized spacial score (nSPS) is 14.9. The number of hydrogen-bond donors (Lipinski definition) is 1. The molecule has 1 saturated carbocycles. The Hall–Kier alpha value is -1.30. The van der Waals surface area contributed by atoms with Crippen LogP contribution in [0.1, 0.15) is 37.0 Å². The molecule has 5 nitrogen and oxygen atoms in total. The quantitative estimate of drug-likeness (QED) is 0.829. The van der Waals surface area contributed by atoms with Crippen molar-refractivity contribution < 1.29 is 9.53 Å². The first-order valence-electron chi connectivity index (χ1n) is 6.14. The third-order valence-corrected chi connectivity index (χ3v) is 4.03. The first-order valence-corrected chi connectivity index (χ1v) is 6.92. The molecule has 6 heteroatoms. The highest BCUT2D eigenvalue weighted by Gasteiger charge is 2.30. The van der Waals surface area contributed by atoms with Crippen molar-refractivity contribution >= 4 is 28.3 Å². The van der Waals surface area contributed by atoms with E-state index in [2.05, 4.69) is 23.1 Å². The standard InChI is InChI=1S/C12H19N3O2S/c1-7(2)15(6-8-4-5-8)11-9(12(16)17-3)10(13)14-18-11/h7-8H,4-6H2,1-3H3,(H2,13,14). The van der Waals surface area contributed by atoms with Crippen molar-refractivity contribution in [1.82, 2.24) is 4.37 Å². The zero-order valence-corrected chi connectivity index (χ0v) is 11.8. The van der Waals surface area contributed by atoms with Crippen LogP contribution in [0.2, 0.25) is 0 Å². The third kappa shape index (κ3) is 2.58. The SMILES string of the molecule is COC(=O)c1c(N)nsc1N(CC1CC1)C(C)C. The molecule has 0 atom stereocenters. The molecule has 0 saturated heterocycles. The lowest BCUT2D eigenvalue weighted by Crippen LogP contribution is -2.33. The monoisotopic (exact) mass is 269 g/mol. The maximum Gasteiger partial charge on any atom is 0.344 e. The van der Waals surface area contributed by atoms with Gasteiger partial charge in [-0.15, -0.1) is 0 Å². The molecule has 100 valence electrons. The molecule has 1 aromatic rings. The number of nitrogens with zero attached hydrogens (tertiary/aromatic N) is 2. The molecule has 1 fully saturated rings. The van der Waals surface area contributed by atoms with Gasteiger partial charge in [-0.1, -0.05) is 0 Å². The number of carbonyl (C=O) groups is 1. The largest absolute Gasteiger partial charge is 0.465 e. The van der Waals surface area contributed by atoms with Crippen LogP contribution in [0.3, 0.4) is 0 Å². The lowest BCUT2D eigenvalue weighted by atomic mass is 10.2. The summed E-state index contributed by atoms with van der Waals surface area (Å²) in [7, 11) is 1.36. The summed E-state index contributed by atoms with van der Waals surface area (Å²) in [5.74, 6) is 0.599. The van der Waals surface area contributed by atoms with Crippen LogP contribution in [0.5, 0.6) is 0 Å². The first kappa shape index (κ1) is 13.1. The van der Waals surface area contributed by atoms with Gasteiger partial charge in [-0.3, -0.25) is 0 Å². The average Bonchev–Trinajstić information content (AvgIpc) is 3.07. The molecule has 0 aliphatic heterocycles. The fourth-order valence-electron chi connectivity index (χ4n) is 1.89. The Balaban J connectivity index is 2.31. The smallest absolute Gasteiger partial charge is 0.344 e. The van der Waals surface area contributed by atoms with Crippen LogP contribution in [-0.2, 0) is 4.74 Å². The third-order valence-electron chi connectivity index (χ3n) is 3.13. The van der Waals surface area contributed by atoms with E-state index in [1.54, 1.807) is 0 Å². The first-order chi connectivity index (χ1) is 8.54. The molecule has 0 amide bonds. The Bertz CT molecular complexity index is 441. The molecule has 1 aliphatic carbocycles. The van der Waals surface area contributed by atoms with Crippen molar-refractivity contribution in [3.63, 3.8) is 0 Å². The van der Waals surface area contributed by atoms with Gasteiger partial charge in [-0.2, -0.15) is 4.37 Å². The van der Waals surface area contributed by atoms with Crippen molar-refractivity contribution in [2.45, 2.75) is 32.7 Å². The van der Waals surface area contributed by atoms with Crippen LogP contribution in [0.4, 0.5) is 10.8 Å². The van der Waals surface area contributed by atoms with Crippen molar-refractivity contribution in [1.29, 1.82) is 0 Å². The van der Waals surface area contributed by atoms with Crippen LogP contribution in [0.15, 0.2) is 0 Å². The summed E-state index contributed by atoms with van der Waals surface area (Å²) < 4.78 is 8.88. The van der Waals surface area contributed by atoms with Gasteiger partial charge in [0.25, 0.3) is 0 Å². The van der Waals surface area contributed by atoms with E-state index in [0.717, 1.165) is 17.5 Å². The number of aromatic nitrogens is 1. The lowest BCUT2D eigenvalue weighted by Gasteiger charge is -2.27. The van der Waals surface area contributed by atoms with Gasteiger partial charge in [0.2, 0.25) is 0 Å². The van der Waals surface area contributed by atoms with E-state index in [1.807, 2.05) is 0 Å². The molecule has 1 heterocycles. The molecule has 0 aromatic carbocycles. The van der Waals surface area contributed by atoms with Crippen LogP contribution in [-0.4, -0.2) is 30.0 Å². The number of ether oxygens (including phenoxy) is 1. The van der Waals surface area contributed by atoms with Gasteiger partial charge in [-0.25, -0.2) is 4.79 Å². The van der Waals surface area contributed by atoms with E-state index in [1.165, 1.54) is 31.5 Å². The summed E-state index contributed by atoms with van der Waals surface area (Å²) in [4.78, 5) is 14.0.